The molecule has 2 N–H and O–H groups in total. The van der Waals surface area contributed by atoms with Gasteiger partial charge in [0.2, 0.25) is 0 Å². The monoisotopic (exact) mass is 373 g/mol. The first-order chi connectivity index (χ1) is 12.6. The van der Waals surface area contributed by atoms with Crippen molar-refractivity contribution >= 4 is 16.6 Å². The van der Waals surface area contributed by atoms with Crippen LogP contribution in [0.2, 0.25) is 0 Å². The number of aromatic amines is 1. The highest BCUT2D eigenvalue weighted by molar-refractivity contribution is 5.95. The maximum absolute atomic E-state index is 14.5. The van der Waals surface area contributed by atoms with E-state index < -0.39 is 17.0 Å². The lowest BCUT2D eigenvalue weighted by atomic mass is 9.91. The van der Waals surface area contributed by atoms with E-state index in [1.807, 2.05) is 17.9 Å². The van der Waals surface area contributed by atoms with E-state index in [1.54, 1.807) is 7.11 Å². The fourth-order valence-corrected chi connectivity index (χ4v) is 3.61. The Bertz CT molecular complexity index is 977. The van der Waals surface area contributed by atoms with Crippen molar-refractivity contribution in [2.75, 3.05) is 25.1 Å². The molecule has 0 saturated carbocycles. The van der Waals surface area contributed by atoms with Gasteiger partial charge in [-0.15, -0.1) is 0 Å². The first kappa shape index (κ1) is 19.3. The lowest BCUT2D eigenvalue weighted by molar-refractivity contribution is -0.0132. The van der Waals surface area contributed by atoms with E-state index in [4.69, 9.17) is 4.74 Å². The average Bonchev–Trinajstić information content (AvgIpc) is 2.60. The summed E-state index contributed by atoms with van der Waals surface area (Å²) in [5, 5.41) is 20.4. The second-order valence-electron chi connectivity index (χ2n) is 7.87. The van der Waals surface area contributed by atoms with Gasteiger partial charge in [-0.3, -0.25) is 4.79 Å². The molecule has 0 bridgehead atoms. The van der Waals surface area contributed by atoms with Gasteiger partial charge in [0.05, 0.1) is 22.4 Å². The van der Waals surface area contributed by atoms with Crippen LogP contribution in [-0.2, 0) is 10.3 Å². The summed E-state index contributed by atoms with van der Waals surface area (Å²) in [5.41, 5.74) is -1.28. The number of hydrogen-bond donors (Lipinski definition) is 2. The second-order valence-corrected chi connectivity index (χ2v) is 7.87. The molecular formula is C20H24FN3O3. The van der Waals surface area contributed by atoms with Crippen molar-refractivity contribution in [2.24, 2.45) is 0 Å². The van der Waals surface area contributed by atoms with E-state index in [-0.39, 0.29) is 16.7 Å². The number of ether oxygens (including phenoxy) is 1. The number of rotatable bonds is 3. The summed E-state index contributed by atoms with van der Waals surface area (Å²) in [5.74, 6) is -0.605. The smallest absolute Gasteiger partial charge is 0.268 e. The number of nitriles is 1. The Hall–Kier alpha value is -2.43. The minimum Gasteiger partial charge on any atom is -0.386 e. The van der Waals surface area contributed by atoms with E-state index in [1.165, 1.54) is 26.0 Å². The predicted octanol–water partition coefficient (Wildman–Crippen LogP) is 2.77. The zero-order valence-corrected chi connectivity index (χ0v) is 16.0. The number of methoxy groups -OCH3 is 1. The Morgan fingerprint density at radius 3 is 2.52 bits per heavy atom. The number of halogens is 1. The number of benzene rings is 1. The number of H-pyrrole nitrogens is 1. The number of nitrogens with zero attached hydrogens (tertiary/aromatic N) is 2. The van der Waals surface area contributed by atoms with Crippen molar-refractivity contribution in [3.05, 3.63) is 39.4 Å². The minimum atomic E-state index is -1.39. The summed E-state index contributed by atoms with van der Waals surface area (Å²) in [6, 6.07) is 4.72. The molecule has 0 radical (unpaired) electrons. The fourth-order valence-electron chi connectivity index (χ4n) is 3.61. The molecule has 6 nitrogen and oxygen atoms in total. The zero-order chi connectivity index (χ0) is 20.0. The van der Waals surface area contributed by atoms with Crippen LogP contribution in [0.4, 0.5) is 10.1 Å². The van der Waals surface area contributed by atoms with E-state index >= 15 is 0 Å². The van der Waals surface area contributed by atoms with Crippen molar-refractivity contribution in [1.29, 1.82) is 5.26 Å². The number of aromatic nitrogens is 1. The third-order valence-corrected chi connectivity index (χ3v) is 5.48. The van der Waals surface area contributed by atoms with Gasteiger partial charge in [-0.25, -0.2) is 4.39 Å². The predicted molar refractivity (Wildman–Crippen MR) is 101 cm³/mol. The molecule has 0 amide bonds. The molecule has 1 aromatic heterocycles. The molecule has 1 aromatic carbocycles. The van der Waals surface area contributed by atoms with Crippen LogP contribution in [0.25, 0.3) is 10.9 Å². The molecule has 0 atom stereocenters. The summed E-state index contributed by atoms with van der Waals surface area (Å²) >= 11 is 0. The number of nitrogens with one attached hydrogen (secondary N) is 1. The quantitative estimate of drug-likeness (QED) is 0.864. The minimum absolute atomic E-state index is 0.00294. The standard InChI is InChI=1S/C20H24FN3O3/c1-19(2,26)14-9-12-16(10-15(14)21)23-18(25)13(11-22)17(12)24-7-5-20(3,27-4)6-8-24/h9-10,26H,5-8H2,1-4H3,(H,23,25). The summed E-state index contributed by atoms with van der Waals surface area (Å²) in [4.78, 5) is 17.0. The molecule has 144 valence electrons. The van der Waals surface area contributed by atoms with Crippen molar-refractivity contribution in [3.8, 4) is 6.07 Å². The van der Waals surface area contributed by atoms with Crippen molar-refractivity contribution in [3.63, 3.8) is 0 Å². The van der Waals surface area contributed by atoms with E-state index in [9.17, 15) is 19.6 Å². The molecule has 2 aromatic rings. The molecule has 0 spiro atoms. The SMILES string of the molecule is COC1(C)CCN(c2c(C#N)c(=O)[nH]c3cc(F)c(C(C)(C)O)cc23)CC1. The van der Waals surface area contributed by atoms with Crippen LogP contribution in [0, 0.1) is 17.1 Å². The largest absolute Gasteiger partial charge is 0.386 e. The third-order valence-electron chi connectivity index (χ3n) is 5.48. The maximum atomic E-state index is 14.5. The molecule has 1 saturated heterocycles. The van der Waals surface area contributed by atoms with Crippen molar-refractivity contribution in [1.82, 2.24) is 4.98 Å². The number of anilines is 1. The number of pyridine rings is 1. The van der Waals surface area contributed by atoms with Crippen LogP contribution in [-0.4, -0.2) is 35.9 Å². The van der Waals surface area contributed by atoms with Gasteiger partial charge in [0.1, 0.15) is 17.4 Å². The Morgan fingerprint density at radius 1 is 1.37 bits per heavy atom. The van der Waals surface area contributed by atoms with Gasteiger partial charge in [-0.2, -0.15) is 5.26 Å². The van der Waals surface area contributed by atoms with Crippen molar-refractivity contribution in [2.45, 2.75) is 44.8 Å². The molecule has 7 heteroatoms. The highest BCUT2D eigenvalue weighted by Crippen LogP contribution is 2.36. The van der Waals surface area contributed by atoms with Gasteiger partial charge >= 0.3 is 0 Å². The van der Waals surface area contributed by atoms with E-state index in [0.717, 1.165) is 12.8 Å². The van der Waals surface area contributed by atoms with Crippen LogP contribution < -0.4 is 10.5 Å². The van der Waals surface area contributed by atoms with Crippen LogP contribution in [0.1, 0.15) is 44.7 Å². The molecule has 1 aliphatic rings. The van der Waals surface area contributed by atoms with Crippen LogP contribution in [0.5, 0.6) is 0 Å². The Morgan fingerprint density at radius 2 is 2.00 bits per heavy atom. The molecule has 1 aliphatic heterocycles. The van der Waals surface area contributed by atoms with Gasteiger partial charge in [-0.05, 0) is 45.7 Å². The second kappa shape index (κ2) is 6.63. The topological polar surface area (TPSA) is 89.4 Å². The lowest BCUT2D eigenvalue weighted by Gasteiger charge is -2.40. The molecule has 27 heavy (non-hydrogen) atoms. The molecule has 0 unspecified atom stereocenters. The van der Waals surface area contributed by atoms with Crippen LogP contribution in [0.3, 0.4) is 0 Å². The van der Waals surface area contributed by atoms with Gasteiger partial charge in [0.25, 0.3) is 5.56 Å². The Labute approximate surface area is 157 Å². The van der Waals surface area contributed by atoms with Crippen LogP contribution in [0.15, 0.2) is 16.9 Å². The number of aliphatic hydroxyl groups is 1. The fraction of sp³-hybridized carbons (Fsp3) is 0.500. The maximum Gasteiger partial charge on any atom is 0.268 e. The zero-order valence-electron chi connectivity index (χ0n) is 16.0. The number of hydrogen-bond acceptors (Lipinski definition) is 5. The Balaban J connectivity index is 2.23. The summed E-state index contributed by atoms with van der Waals surface area (Å²) in [7, 11) is 1.68. The lowest BCUT2D eigenvalue weighted by Crippen LogP contribution is -2.44. The van der Waals surface area contributed by atoms with Gasteiger partial charge < -0.3 is 19.7 Å². The van der Waals surface area contributed by atoms with Gasteiger partial charge in [0.15, 0.2) is 0 Å². The molecular weight excluding hydrogens is 349 g/mol. The molecule has 3 rings (SSSR count). The van der Waals surface area contributed by atoms with Crippen LogP contribution >= 0.6 is 0 Å². The highest BCUT2D eigenvalue weighted by atomic mass is 19.1. The summed E-state index contributed by atoms with van der Waals surface area (Å²) in [6.45, 7) is 6.24. The molecule has 2 heterocycles. The van der Waals surface area contributed by atoms with E-state index in [0.29, 0.717) is 29.7 Å². The summed E-state index contributed by atoms with van der Waals surface area (Å²) in [6.07, 6.45) is 1.48. The molecule has 0 aliphatic carbocycles. The van der Waals surface area contributed by atoms with Gasteiger partial charge in [0, 0.05) is 31.1 Å². The van der Waals surface area contributed by atoms with Crippen molar-refractivity contribution < 1.29 is 14.2 Å². The molecule has 1 fully saturated rings. The third kappa shape index (κ3) is 3.43. The number of fused-ring (bicyclic) bond motifs is 1. The summed E-state index contributed by atoms with van der Waals surface area (Å²) < 4.78 is 20.0. The Kier molecular flexibility index (Phi) is 4.74. The first-order valence-electron chi connectivity index (χ1n) is 8.92. The van der Waals surface area contributed by atoms with Gasteiger partial charge in [-0.1, -0.05) is 0 Å². The first-order valence-corrected chi connectivity index (χ1v) is 8.92. The number of piperidine rings is 1. The normalized spacial score (nSPS) is 17.1. The van der Waals surface area contributed by atoms with E-state index in [2.05, 4.69) is 4.98 Å². The average molecular weight is 373 g/mol. The highest BCUT2D eigenvalue weighted by Gasteiger charge is 2.32.